The van der Waals surface area contributed by atoms with E-state index in [0.717, 1.165) is 22.8 Å². The Bertz CT molecular complexity index is 796. The monoisotopic (exact) mass is 329 g/mol. The second kappa shape index (κ2) is 6.75. The Morgan fingerprint density at radius 3 is 2.57 bits per heavy atom. The number of ether oxygens (including phenoxy) is 2. The molecular weight excluding hydrogens is 314 g/mol. The average molecular weight is 330 g/mol. The highest BCUT2D eigenvalue weighted by Gasteiger charge is 2.12. The van der Waals surface area contributed by atoms with Crippen molar-refractivity contribution < 1.29 is 13.9 Å². The first-order chi connectivity index (χ1) is 11.2. The van der Waals surface area contributed by atoms with Crippen molar-refractivity contribution in [1.82, 2.24) is 4.98 Å². The van der Waals surface area contributed by atoms with Gasteiger partial charge in [0.25, 0.3) is 0 Å². The molecule has 5 heteroatoms. The van der Waals surface area contributed by atoms with E-state index in [1.165, 1.54) is 0 Å². The van der Waals surface area contributed by atoms with Gasteiger partial charge in [0.2, 0.25) is 5.89 Å². The van der Waals surface area contributed by atoms with Gasteiger partial charge < -0.3 is 13.9 Å². The number of oxazole rings is 1. The van der Waals surface area contributed by atoms with Crippen LogP contribution < -0.4 is 9.47 Å². The molecule has 0 radical (unpaired) electrons. The van der Waals surface area contributed by atoms with E-state index in [1.54, 1.807) is 19.2 Å². The second-order valence-electron chi connectivity index (χ2n) is 5.00. The summed E-state index contributed by atoms with van der Waals surface area (Å²) in [7, 11) is 1.63. The summed E-state index contributed by atoms with van der Waals surface area (Å²) in [5.74, 6) is 2.79. The van der Waals surface area contributed by atoms with Crippen LogP contribution in [-0.2, 0) is 6.61 Å². The minimum Gasteiger partial charge on any atom is -0.497 e. The topological polar surface area (TPSA) is 44.5 Å². The normalized spacial score (nSPS) is 10.6. The van der Waals surface area contributed by atoms with E-state index >= 15 is 0 Å². The minimum absolute atomic E-state index is 0.325. The zero-order chi connectivity index (χ0) is 16.2. The van der Waals surface area contributed by atoms with Gasteiger partial charge >= 0.3 is 0 Å². The first kappa shape index (κ1) is 15.4. The Morgan fingerprint density at radius 1 is 1.09 bits per heavy atom. The van der Waals surface area contributed by atoms with Gasteiger partial charge in [-0.25, -0.2) is 4.98 Å². The standard InChI is InChI=1S/C18H16ClNO3/c1-12-17(11-22-16-5-3-4-14(19)10-16)20-18(23-12)13-6-8-15(21-2)9-7-13/h3-10H,11H2,1-2H3. The van der Waals surface area contributed by atoms with Crippen molar-refractivity contribution >= 4 is 11.6 Å². The maximum absolute atomic E-state index is 5.94. The van der Waals surface area contributed by atoms with Gasteiger partial charge in [-0.05, 0) is 49.4 Å². The van der Waals surface area contributed by atoms with Gasteiger partial charge in [0.05, 0.1) is 7.11 Å². The van der Waals surface area contributed by atoms with Gasteiger partial charge in [0.15, 0.2) is 0 Å². The molecule has 0 aliphatic heterocycles. The van der Waals surface area contributed by atoms with Gasteiger partial charge in [-0.3, -0.25) is 0 Å². The third kappa shape index (κ3) is 3.66. The number of benzene rings is 2. The Kier molecular flexibility index (Phi) is 4.53. The number of nitrogens with zero attached hydrogens (tertiary/aromatic N) is 1. The van der Waals surface area contributed by atoms with Crippen LogP contribution in [0.3, 0.4) is 0 Å². The van der Waals surface area contributed by atoms with E-state index in [2.05, 4.69) is 4.98 Å². The summed E-state index contributed by atoms with van der Waals surface area (Å²) in [5.41, 5.74) is 1.65. The van der Waals surface area contributed by atoms with Gasteiger partial charge in [-0.1, -0.05) is 17.7 Å². The highest BCUT2D eigenvalue weighted by molar-refractivity contribution is 6.30. The largest absolute Gasteiger partial charge is 0.497 e. The summed E-state index contributed by atoms with van der Waals surface area (Å²) in [5, 5.41) is 0.637. The fourth-order valence-electron chi connectivity index (χ4n) is 2.13. The predicted octanol–water partition coefficient (Wildman–Crippen LogP) is 4.89. The molecule has 3 aromatic rings. The number of hydrogen-bond donors (Lipinski definition) is 0. The van der Waals surface area contributed by atoms with Gasteiger partial charge in [-0.2, -0.15) is 0 Å². The number of halogens is 1. The van der Waals surface area contributed by atoms with Crippen LogP contribution in [-0.4, -0.2) is 12.1 Å². The Balaban J connectivity index is 1.75. The summed E-state index contributed by atoms with van der Waals surface area (Å²) < 4.78 is 16.6. The zero-order valence-corrected chi connectivity index (χ0v) is 13.6. The third-order valence-corrected chi connectivity index (χ3v) is 3.64. The molecule has 23 heavy (non-hydrogen) atoms. The van der Waals surface area contributed by atoms with Crippen LogP contribution in [0.5, 0.6) is 11.5 Å². The maximum Gasteiger partial charge on any atom is 0.226 e. The molecule has 0 fully saturated rings. The first-order valence-corrected chi connectivity index (χ1v) is 7.52. The molecule has 4 nitrogen and oxygen atoms in total. The van der Waals surface area contributed by atoms with Crippen molar-refractivity contribution in [2.24, 2.45) is 0 Å². The maximum atomic E-state index is 5.94. The molecule has 118 valence electrons. The summed E-state index contributed by atoms with van der Waals surface area (Å²) in [6.45, 7) is 2.20. The Hall–Kier alpha value is -2.46. The van der Waals surface area contributed by atoms with E-state index in [0.29, 0.717) is 23.3 Å². The second-order valence-corrected chi connectivity index (χ2v) is 5.43. The van der Waals surface area contributed by atoms with Crippen LogP contribution in [0.2, 0.25) is 5.02 Å². The average Bonchev–Trinajstić information content (AvgIpc) is 2.94. The fraction of sp³-hybridized carbons (Fsp3) is 0.167. The SMILES string of the molecule is COc1ccc(-c2nc(COc3cccc(Cl)c3)c(C)o2)cc1. The summed E-state index contributed by atoms with van der Waals surface area (Å²) >= 11 is 5.94. The smallest absolute Gasteiger partial charge is 0.226 e. The number of hydrogen-bond acceptors (Lipinski definition) is 4. The fourth-order valence-corrected chi connectivity index (χ4v) is 2.31. The third-order valence-electron chi connectivity index (χ3n) is 3.40. The van der Waals surface area contributed by atoms with Crippen LogP contribution in [0.1, 0.15) is 11.5 Å². The lowest BCUT2D eigenvalue weighted by Crippen LogP contribution is -1.97. The molecular formula is C18H16ClNO3. The summed E-state index contributed by atoms with van der Waals surface area (Å²) in [4.78, 5) is 4.51. The lowest BCUT2D eigenvalue weighted by molar-refractivity contribution is 0.299. The molecule has 1 heterocycles. The molecule has 2 aromatic carbocycles. The van der Waals surface area contributed by atoms with E-state index in [-0.39, 0.29) is 0 Å². The van der Waals surface area contributed by atoms with Gasteiger partial charge in [0.1, 0.15) is 29.6 Å². The van der Waals surface area contributed by atoms with Crippen molar-refractivity contribution in [3.8, 4) is 23.0 Å². The number of rotatable bonds is 5. The van der Waals surface area contributed by atoms with Crippen molar-refractivity contribution in [2.75, 3.05) is 7.11 Å². The van der Waals surface area contributed by atoms with E-state index in [1.807, 2.05) is 43.3 Å². The summed E-state index contributed by atoms with van der Waals surface area (Å²) in [6, 6.07) is 14.8. The lowest BCUT2D eigenvalue weighted by Gasteiger charge is -2.04. The number of aromatic nitrogens is 1. The lowest BCUT2D eigenvalue weighted by atomic mass is 10.2. The van der Waals surface area contributed by atoms with Crippen molar-refractivity contribution in [2.45, 2.75) is 13.5 Å². The molecule has 0 unspecified atom stereocenters. The quantitative estimate of drug-likeness (QED) is 0.668. The first-order valence-electron chi connectivity index (χ1n) is 7.15. The Morgan fingerprint density at radius 2 is 1.87 bits per heavy atom. The molecule has 0 saturated heterocycles. The van der Waals surface area contributed by atoms with Crippen LogP contribution in [0.25, 0.3) is 11.5 Å². The van der Waals surface area contributed by atoms with Crippen LogP contribution in [0, 0.1) is 6.92 Å². The van der Waals surface area contributed by atoms with Crippen LogP contribution >= 0.6 is 11.6 Å². The molecule has 0 N–H and O–H groups in total. The number of aryl methyl sites for hydroxylation is 1. The van der Waals surface area contributed by atoms with Crippen molar-refractivity contribution in [1.29, 1.82) is 0 Å². The highest BCUT2D eigenvalue weighted by Crippen LogP contribution is 2.25. The molecule has 0 aliphatic rings. The molecule has 3 rings (SSSR count). The highest BCUT2D eigenvalue weighted by atomic mass is 35.5. The van der Waals surface area contributed by atoms with Crippen LogP contribution in [0.4, 0.5) is 0 Å². The van der Waals surface area contributed by atoms with E-state index < -0.39 is 0 Å². The molecule has 0 bridgehead atoms. The van der Waals surface area contributed by atoms with Crippen molar-refractivity contribution in [3.05, 3.63) is 65.0 Å². The number of methoxy groups -OCH3 is 1. The van der Waals surface area contributed by atoms with E-state index in [4.69, 9.17) is 25.5 Å². The summed E-state index contributed by atoms with van der Waals surface area (Å²) in [6.07, 6.45) is 0. The van der Waals surface area contributed by atoms with Crippen LogP contribution in [0.15, 0.2) is 52.9 Å². The van der Waals surface area contributed by atoms with E-state index in [9.17, 15) is 0 Å². The molecule has 0 amide bonds. The minimum atomic E-state index is 0.325. The molecule has 0 atom stereocenters. The van der Waals surface area contributed by atoms with Gasteiger partial charge in [-0.15, -0.1) is 0 Å². The molecule has 0 saturated carbocycles. The molecule has 0 spiro atoms. The van der Waals surface area contributed by atoms with Gasteiger partial charge in [0, 0.05) is 10.6 Å². The zero-order valence-electron chi connectivity index (χ0n) is 12.9. The molecule has 1 aromatic heterocycles. The molecule has 0 aliphatic carbocycles. The predicted molar refractivity (Wildman–Crippen MR) is 89.0 cm³/mol. The van der Waals surface area contributed by atoms with Crippen molar-refractivity contribution in [3.63, 3.8) is 0 Å². The Labute approximate surface area is 139 Å².